The first kappa shape index (κ1) is 16.1. The van der Waals surface area contributed by atoms with Crippen LogP contribution in [0.4, 0.5) is 0 Å². The number of aromatic hydroxyl groups is 1. The zero-order chi connectivity index (χ0) is 16.2. The van der Waals surface area contributed by atoms with Crippen molar-refractivity contribution in [1.29, 1.82) is 0 Å². The Labute approximate surface area is 131 Å². The van der Waals surface area contributed by atoms with E-state index in [1.165, 1.54) is 0 Å². The highest BCUT2D eigenvalue weighted by atomic mass is 16.4. The van der Waals surface area contributed by atoms with Gasteiger partial charge in [-0.2, -0.15) is 0 Å². The Morgan fingerprint density at radius 1 is 1.09 bits per heavy atom. The molecule has 22 heavy (non-hydrogen) atoms. The predicted molar refractivity (Wildman–Crippen MR) is 89.9 cm³/mol. The van der Waals surface area contributed by atoms with Crippen molar-refractivity contribution >= 4 is 5.71 Å². The summed E-state index contributed by atoms with van der Waals surface area (Å²) < 4.78 is 0. The fourth-order valence-corrected chi connectivity index (χ4v) is 2.37. The van der Waals surface area contributed by atoms with E-state index in [0.717, 1.165) is 17.5 Å². The Hall–Kier alpha value is -2.29. The van der Waals surface area contributed by atoms with E-state index in [2.05, 4.69) is 25.9 Å². The number of hydrogen-bond donors (Lipinski definition) is 2. The summed E-state index contributed by atoms with van der Waals surface area (Å²) in [6.07, 6.45) is 1.46. The van der Waals surface area contributed by atoms with E-state index in [1.54, 1.807) is 6.07 Å². The predicted octanol–water partition coefficient (Wildman–Crippen LogP) is 4.50. The molecule has 0 aromatic heterocycles. The van der Waals surface area contributed by atoms with Crippen molar-refractivity contribution in [2.24, 2.45) is 5.16 Å². The van der Waals surface area contributed by atoms with E-state index in [0.29, 0.717) is 17.7 Å². The van der Waals surface area contributed by atoms with Gasteiger partial charge in [0.15, 0.2) is 0 Å². The largest absolute Gasteiger partial charge is 0.507 e. The SMILES string of the molecule is CCC(C)(C)c1ccc(O)c(/C(Cc2ccccc2)=N/O)c1. The third kappa shape index (κ3) is 3.48. The Bertz CT molecular complexity index is 660. The highest BCUT2D eigenvalue weighted by Gasteiger charge is 2.21. The van der Waals surface area contributed by atoms with Gasteiger partial charge in [-0.05, 0) is 35.1 Å². The molecule has 0 spiro atoms. The molecule has 2 aromatic rings. The Kier molecular flexibility index (Phi) is 4.86. The maximum atomic E-state index is 10.2. The van der Waals surface area contributed by atoms with Crippen LogP contribution >= 0.6 is 0 Å². The minimum absolute atomic E-state index is 0.00969. The zero-order valence-corrected chi connectivity index (χ0v) is 13.4. The molecule has 0 aliphatic rings. The monoisotopic (exact) mass is 297 g/mol. The average Bonchev–Trinajstić information content (AvgIpc) is 2.54. The van der Waals surface area contributed by atoms with Gasteiger partial charge in [-0.3, -0.25) is 0 Å². The van der Waals surface area contributed by atoms with E-state index >= 15 is 0 Å². The molecule has 2 N–H and O–H groups in total. The van der Waals surface area contributed by atoms with Gasteiger partial charge in [-0.15, -0.1) is 0 Å². The number of phenols is 1. The molecule has 3 nitrogen and oxygen atoms in total. The van der Waals surface area contributed by atoms with Gasteiger partial charge in [0.05, 0.1) is 5.71 Å². The summed E-state index contributed by atoms with van der Waals surface area (Å²) in [6.45, 7) is 6.46. The fourth-order valence-electron chi connectivity index (χ4n) is 2.37. The molecule has 0 atom stereocenters. The van der Waals surface area contributed by atoms with Crippen molar-refractivity contribution in [2.45, 2.75) is 39.0 Å². The lowest BCUT2D eigenvalue weighted by atomic mass is 9.81. The van der Waals surface area contributed by atoms with Crippen molar-refractivity contribution in [2.75, 3.05) is 0 Å². The first-order chi connectivity index (χ1) is 10.5. The van der Waals surface area contributed by atoms with Crippen LogP contribution < -0.4 is 0 Å². The number of nitrogens with zero attached hydrogens (tertiary/aromatic N) is 1. The second-order valence-corrected chi connectivity index (χ2v) is 6.18. The summed E-state index contributed by atoms with van der Waals surface area (Å²) in [4.78, 5) is 0. The lowest BCUT2D eigenvalue weighted by Crippen LogP contribution is -2.16. The maximum Gasteiger partial charge on any atom is 0.124 e. The molecule has 3 heteroatoms. The molecular weight excluding hydrogens is 274 g/mol. The summed E-state index contributed by atoms with van der Waals surface area (Å²) in [5, 5.41) is 23.0. The second-order valence-electron chi connectivity index (χ2n) is 6.18. The first-order valence-electron chi connectivity index (χ1n) is 7.56. The quantitative estimate of drug-likeness (QED) is 0.485. The molecule has 0 heterocycles. The molecule has 0 unspecified atom stereocenters. The highest BCUT2D eigenvalue weighted by Crippen LogP contribution is 2.31. The van der Waals surface area contributed by atoms with Crippen LogP contribution in [0.15, 0.2) is 53.7 Å². The van der Waals surface area contributed by atoms with Gasteiger partial charge in [-0.1, -0.05) is 62.3 Å². The lowest BCUT2D eigenvalue weighted by Gasteiger charge is -2.24. The lowest BCUT2D eigenvalue weighted by molar-refractivity contribution is 0.318. The molecule has 116 valence electrons. The third-order valence-electron chi connectivity index (χ3n) is 4.31. The van der Waals surface area contributed by atoms with Gasteiger partial charge in [0, 0.05) is 12.0 Å². The molecular formula is C19H23NO2. The van der Waals surface area contributed by atoms with E-state index < -0.39 is 0 Å². The molecule has 2 rings (SSSR count). The van der Waals surface area contributed by atoms with E-state index in [1.807, 2.05) is 42.5 Å². The molecule has 0 amide bonds. The van der Waals surface area contributed by atoms with Crippen molar-refractivity contribution in [3.63, 3.8) is 0 Å². The fraction of sp³-hybridized carbons (Fsp3) is 0.316. The smallest absolute Gasteiger partial charge is 0.124 e. The van der Waals surface area contributed by atoms with Crippen LogP contribution in [0, 0.1) is 0 Å². The summed E-state index contributed by atoms with van der Waals surface area (Å²) in [5.41, 5.74) is 3.23. The number of oxime groups is 1. The van der Waals surface area contributed by atoms with Crippen molar-refractivity contribution in [1.82, 2.24) is 0 Å². The van der Waals surface area contributed by atoms with Gasteiger partial charge in [0.1, 0.15) is 5.75 Å². The zero-order valence-electron chi connectivity index (χ0n) is 13.4. The van der Waals surface area contributed by atoms with Gasteiger partial charge in [-0.25, -0.2) is 0 Å². The van der Waals surface area contributed by atoms with Crippen molar-refractivity contribution in [3.8, 4) is 5.75 Å². The molecule has 0 radical (unpaired) electrons. The van der Waals surface area contributed by atoms with Gasteiger partial charge in [0.2, 0.25) is 0 Å². The number of hydrogen-bond acceptors (Lipinski definition) is 3. The van der Waals surface area contributed by atoms with Crippen molar-refractivity contribution < 1.29 is 10.3 Å². The number of rotatable bonds is 5. The summed E-state index contributed by atoms with van der Waals surface area (Å²) in [5.74, 6) is 0.138. The Morgan fingerprint density at radius 3 is 2.36 bits per heavy atom. The summed E-state index contributed by atoms with van der Waals surface area (Å²) in [7, 11) is 0. The number of phenolic OH excluding ortho intramolecular Hbond substituents is 1. The van der Waals surface area contributed by atoms with Crippen LogP contribution in [0.1, 0.15) is 43.9 Å². The summed E-state index contributed by atoms with van der Waals surface area (Å²) in [6, 6.07) is 15.3. The Balaban J connectivity index is 2.39. The molecule has 0 fully saturated rings. The van der Waals surface area contributed by atoms with Crippen molar-refractivity contribution in [3.05, 3.63) is 65.2 Å². The summed E-state index contributed by atoms with van der Waals surface area (Å²) >= 11 is 0. The molecule has 2 aromatic carbocycles. The van der Waals surface area contributed by atoms with Crippen LogP contribution in [0.3, 0.4) is 0 Å². The third-order valence-corrected chi connectivity index (χ3v) is 4.31. The minimum Gasteiger partial charge on any atom is -0.507 e. The average molecular weight is 297 g/mol. The van der Waals surface area contributed by atoms with Gasteiger partial charge >= 0.3 is 0 Å². The molecule has 0 bridgehead atoms. The molecule has 0 aliphatic carbocycles. The van der Waals surface area contributed by atoms with Crippen LogP contribution in [0.25, 0.3) is 0 Å². The van der Waals surface area contributed by atoms with Crippen LogP contribution in [0.5, 0.6) is 5.75 Å². The first-order valence-corrected chi connectivity index (χ1v) is 7.56. The van der Waals surface area contributed by atoms with Gasteiger partial charge in [0.25, 0.3) is 0 Å². The van der Waals surface area contributed by atoms with Crippen LogP contribution in [-0.4, -0.2) is 16.0 Å². The topological polar surface area (TPSA) is 52.8 Å². The van der Waals surface area contributed by atoms with Crippen LogP contribution in [0.2, 0.25) is 0 Å². The minimum atomic E-state index is 0.00969. The van der Waals surface area contributed by atoms with Gasteiger partial charge < -0.3 is 10.3 Å². The molecule has 0 saturated carbocycles. The normalized spacial score (nSPS) is 12.4. The standard InChI is InChI=1S/C19H23NO2/c1-4-19(2,3)15-10-11-18(21)16(13-15)17(20-22)12-14-8-6-5-7-9-14/h5-11,13,21-22H,4,12H2,1-3H3/b20-17+. The van der Waals surface area contributed by atoms with Crippen LogP contribution in [-0.2, 0) is 11.8 Å². The van der Waals surface area contributed by atoms with E-state index in [9.17, 15) is 10.3 Å². The highest BCUT2D eigenvalue weighted by molar-refractivity contribution is 6.03. The number of benzene rings is 2. The molecule has 0 aliphatic heterocycles. The Morgan fingerprint density at radius 2 is 1.77 bits per heavy atom. The van der Waals surface area contributed by atoms with E-state index in [4.69, 9.17) is 0 Å². The van der Waals surface area contributed by atoms with E-state index in [-0.39, 0.29) is 11.2 Å². The maximum absolute atomic E-state index is 10.2. The molecule has 0 saturated heterocycles. The second kappa shape index (κ2) is 6.65.